The predicted octanol–water partition coefficient (Wildman–Crippen LogP) is 2.04. The Morgan fingerprint density at radius 2 is 1.92 bits per heavy atom. The Labute approximate surface area is 152 Å². The summed E-state index contributed by atoms with van der Waals surface area (Å²) in [6.45, 7) is 5.42. The van der Waals surface area contributed by atoms with Crippen molar-refractivity contribution in [3.63, 3.8) is 0 Å². The van der Waals surface area contributed by atoms with E-state index in [1.54, 1.807) is 23.1 Å². The summed E-state index contributed by atoms with van der Waals surface area (Å²) in [6, 6.07) is 5.85. The Morgan fingerprint density at radius 1 is 1.23 bits per heavy atom. The van der Waals surface area contributed by atoms with Gasteiger partial charge in [0.15, 0.2) is 17.0 Å². The quantitative estimate of drug-likeness (QED) is 0.902. The summed E-state index contributed by atoms with van der Waals surface area (Å²) < 4.78 is 12.9. The van der Waals surface area contributed by atoms with Crippen LogP contribution in [0.5, 0.6) is 11.5 Å². The van der Waals surface area contributed by atoms with Gasteiger partial charge in [0.05, 0.1) is 0 Å². The second-order valence-corrected chi connectivity index (χ2v) is 6.99. The Balaban J connectivity index is 1.48. The molecular formula is C19H23N3O4. The number of likely N-dealkylation sites (tertiary alicyclic amines) is 1. The van der Waals surface area contributed by atoms with E-state index < -0.39 is 11.5 Å². The Kier molecular flexibility index (Phi) is 4.32. The maximum atomic E-state index is 11.9. The smallest absolute Gasteiger partial charge is 0.331 e. The summed E-state index contributed by atoms with van der Waals surface area (Å²) in [5.41, 5.74) is 1.41. The number of rotatable bonds is 4. The predicted molar refractivity (Wildman–Crippen MR) is 94.5 cm³/mol. The van der Waals surface area contributed by atoms with Crippen LogP contribution in [0, 0.1) is 6.92 Å². The van der Waals surface area contributed by atoms with Crippen molar-refractivity contribution in [1.29, 1.82) is 0 Å². The molecule has 1 aromatic carbocycles. The van der Waals surface area contributed by atoms with Gasteiger partial charge >= 0.3 is 5.97 Å². The zero-order valence-corrected chi connectivity index (χ0v) is 14.9. The highest BCUT2D eigenvalue weighted by Crippen LogP contribution is 2.35. The minimum absolute atomic E-state index is 0.535. The molecule has 1 aromatic heterocycles. The number of aryl methyl sites for hydroxylation is 1. The number of ether oxygens (including phenoxy) is 2. The minimum atomic E-state index is -0.943. The second-order valence-electron chi connectivity index (χ2n) is 6.99. The molecule has 2 aliphatic heterocycles. The van der Waals surface area contributed by atoms with Gasteiger partial charge in [-0.15, -0.1) is 0 Å². The third kappa shape index (κ3) is 2.92. The zero-order valence-electron chi connectivity index (χ0n) is 14.9. The first kappa shape index (κ1) is 16.9. The molecule has 0 unspecified atom stereocenters. The van der Waals surface area contributed by atoms with Crippen molar-refractivity contribution < 1.29 is 19.4 Å². The molecule has 2 aliphatic rings. The lowest BCUT2D eigenvalue weighted by molar-refractivity contribution is -0.151. The summed E-state index contributed by atoms with van der Waals surface area (Å²) in [7, 11) is 0. The van der Waals surface area contributed by atoms with E-state index >= 15 is 0 Å². The number of carboxylic acids is 1. The van der Waals surface area contributed by atoms with Gasteiger partial charge in [0.25, 0.3) is 0 Å². The average Bonchev–Trinajstić information content (AvgIpc) is 3.18. The fourth-order valence-electron chi connectivity index (χ4n) is 3.79. The third-order valence-corrected chi connectivity index (χ3v) is 5.42. The molecule has 7 heteroatoms. The average molecular weight is 357 g/mol. The van der Waals surface area contributed by atoms with Gasteiger partial charge in [0.2, 0.25) is 0 Å². The van der Waals surface area contributed by atoms with Crippen LogP contribution in [0.2, 0.25) is 0 Å². The number of aromatic nitrogens is 2. The van der Waals surface area contributed by atoms with Gasteiger partial charge in [-0.1, -0.05) is 0 Å². The van der Waals surface area contributed by atoms with E-state index in [1.165, 1.54) is 5.56 Å². The summed E-state index contributed by atoms with van der Waals surface area (Å²) in [5.74, 6) is 0.793. The van der Waals surface area contributed by atoms with Crippen molar-refractivity contribution in [3.8, 4) is 11.5 Å². The summed E-state index contributed by atoms with van der Waals surface area (Å²) in [4.78, 5) is 14.2. The normalized spacial score (nSPS) is 19.3. The highest BCUT2D eigenvalue weighted by molar-refractivity contribution is 5.76. The van der Waals surface area contributed by atoms with Gasteiger partial charge < -0.3 is 14.6 Å². The molecule has 0 atom stereocenters. The maximum absolute atomic E-state index is 11.9. The van der Waals surface area contributed by atoms with Gasteiger partial charge in [-0.3, -0.25) is 9.58 Å². The van der Waals surface area contributed by atoms with Crippen LogP contribution in [-0.2, 0) is 16.9 Å². The maximum Gasteiger partial charge on any atom is 0.331 e. The lowest BCUT2D eigenvalue weighted by atomic mass is 9.87. The highest BCUT2D eigenvalue weighted by Gasteiger charge is 2.43. The van der Waals surface area contributed by atoms with E-state index in [1.807, 2.05) is 6.07 Å². The van der Waals surface area contributed by atoms with Gasteiger partial charge in [-0.2, -0.15) is 5.10 Å². The van der Waals surface area contributed by atoms with Crippen LogP contribution in [0.15, 0.2) is 30.6 Å². The third-order valence-electron chi connectivity index (χ3n) is 5.42. The van der Waals surface area contributed by atoms with E-state index in [0.717, 1.165) is 23.6 Å². The lowest BCUT2D eigenvalue weighted by Gasteiger charge is -2.39. The van der Waals surface area contributed by atoms with Gasteiger partial charge in [0, 0.05) is 32.0 Å². The number of aliphatic carboxylic acids is 1. The first-order chi connectivity index (χ1) is 12.6. The molecular weight excluding hydrogens is 334 g/mol. The second kappa shape index (κ2) is 6.64. The summed E-state index contributed by atoms with van der Waals surface area (Å²) in [6.07, 6.45) is 4.45. The van der Waals surface area contributed by atoms with Gasteiger partial charge in [-0.05, 0) is 49.1 Å². The SMILES string of the molecule is Cc1cc2c(cc1CN1CCC(C(=O)O)(n3cccn3)CC1)OCCO2. The molecule has 0 bridgehead atoms. The molecule has 0 spiro atoms. The van der Waals surface area contributed by atoms with Crippen molar-refractivity contribution in [1.82, 2.24) is 14.7 Å². The number of hydrogen-bond donors (Lipinski definition) is 1. The van der Waals surface area contributed by atoms with E-state index in [-0.39, 0.29) is 0 Å². The number of carboxylic acid groups (broad SMARTS) is 1. The molecule has 1 N–H and O–H groups in total. The van der Waals surface area contributed by atoms with Crippen LogP contribution in [0.25, 0.3) is 0 Å². The number of benzene rings is 1. The highest BCUT2D eigenvalue weighted by atomic mass is 16.6. The van der Waals surface area contributed by atoms with Crippen molar-refractivity contribution in [2.45, 2.75) is 31.8 Å². The molecule has 7 nitrogen and oxygen atoms in total. The number of nitrogens with zero attached hydrogens (tertiary/aromatic N) is 3. The molecule has 0 radical (unpaired) electrons. The Bertz CT molecular complexity index is 795. The first-order valence-electron chi connectivity index (χ1n) is 8.93. The van der Waals surface area contributed by atoms with Crippen LogP contribution >= 0.6 is 0 Å². The zero-order chi connectivity index (χ0) is 18.1. The largest absolute Gasteiger partial charge is 0.486 e. The summed E-state index contributed by atoms with van der Waals surface area (Å²) in [5, 5.41) is 14.0. The first-order valence-corrected chi connectivity index (χ1v) is 8.93. The number of carbonyl (C=O) groups is 1. The molecule has 1 saturated heterocycles. The van der Waals surface area contributed by atoms with Gasteiger partial charge in [-0.25, -0.2) is 4.79 Å². The molecule has 1 fully saturated rings. The molecule has 0 aliphatic carbocycles. The fraction of sp³-hybridized carbons (Fsp3) is 0.474. The Morgan fingerprint density at radius 3 is 2.54 bits per heavy atom. The van der Waals surface area contributed by atoms with Crippen LogP contribution in [0.1, 0.15) is 24.0 Å². The number of piperidine rings is 1. The van der Waals surface area contributed by atoms with Crippen molar-refractivity contribution in [2.24, 2.45) is 0 Å². The van der Waals surface area contributed by atoms with Crippen LogP contribution in [-0.4, -0.2) is 52.1 Å². The lowest BCUT2D eigenvalue weighted by Crippen LogP contribution is -2.51. The molecule has 0 amide bonds. The number of fused-ring (bicyclic) bond motifs is 1. The van der Waals surface area contributed by atoms with E-state index in [2.05, 4.69) is 23.0 Å². The van der Waals surface area contributed by atoms with Crippen molar-refractivity contribution in [2.75, 3.05) is 26.3 Å². The fourth-order valence-corrected chi connectivity index (χ4v) is 3.79. The number of hydrogen-bond acceptors (Lipinski definition) is 5. The van der Waals surface area contributed by atoms with Crippen molar-refractivity contribution in [3.05, 3.63) is 41.7 Å². The van der Waals surface area contributed by atoms with E-state index in [0.29, 0.717) is 39.1 Å². The molecule has 3 heterocycles. The van der Waals surface area contributed by atoms with E-state index in [4.69, 9.17) is 9.47 Å². The van der Waals surface area contributed by atoms with Crippen LogP contribution in [0.4, 0.5) is 0 Å². The molecule has 26 heavy (non-hydrogen) atoms. The monoisotopic (exact) mass is 357 g/mol. The molecule has 138 valence electrons. The minimum Gasteiger partial charge on any atom is -0.486 e. The van der Waals surface area contributed by atoms with Crippen molar-refractivity contribution >= 4 is 5.97 Å². The molecule has 2 aromatic rings. The standard InChI is InChI=1S/C19H23N3O4/c1-14-11-16-17(26-10-9-25-16)12-15(14)13-21-7-3-19(4-8-21,18(23)24)22-6-2-5-20-22/h2,5-6,11-12H,3-4,7-10,13H2,1H3,(H,23,24). The summed E-state index contributed by atoms with van der Waals surface area (Å²) >= 11 is 0. The molecule has 4 rings (SSSR count). The van der Waals surface area contributed by atoms with Gasteiger partial charge in [0.1, 0.15) is 13.2 Å². The van der Waals surface area contributed by atoms with Crippen LogP contribution in [0.3, 0.4) is 0 Å². The molecule has 0 saturated carbocycles. The van der Waals surface area contributed by atoms with Crippen LogP contribution < -0.4 is 9.47 Å². The Hall–Kier alpha value is -2.54. The topological polar surface area (TPSA) is 76.8 Å². The van der Waals surface area contributed by atoms with E-state index in [9.17, 15) is 9.90 Å².